The molecule has 1 aliphatic heterocycles. The Morgan fingerprint density at radius 1 is 0.963 bits per heavy atom. The second-order valence-corrected chi connectivity index (χ2v) is 8.10. The molecule has 0 spiro atoms. The summed E-state index contributed by atoms with van der Waals surface area (Å²) in [5.74, 6) is -0.136. The molecule has 1 aliphatic rings. The molecule has 7 heteroatoms. The third-order valence-electron chi connectivity index (χ3n) is 4.42. The molecule has 144 valence electrons. The molecule has 2 aromatic rings. The van der Waals surface area contributed by atoms with Gasteiger partial charge in [0, 0.05) is 38.1 Å². The van der Waals surface area contributed by atoms with Gasteiger partial charge in [0.05, 0.1) is 0 Å². The number of hydrogen-bond acceptors (Lipinski definition) is 4. The van der Waals surface area contributed by atoms with Crippen LogP contribution in [0.4, 0.5) is 4.39 Å². The number of hydrogen-bond donors (Lipinski definition) is 0. The molecule has 0 N–H and O–H groups in total. The number of benzene rings is 2. The van der Waals surface area contributed by atoms with Gasteiger partial charge < -0.3 is 4.74 Å². The summed E-state index contributed by atoms with van der Waals surface area (Å²) in [6.45, 7) is 3.10. The Morgan fingerprint density at radius 3 is 2.33 bits per heavy atom. The number of piperazine rings is 1. The van der Waals surface area contributed by atoms with E-state index >= 15 is 0 Å². The minimum Gasteiger partial charge on any atom is -0.489 e. The first-order chi connectivity index (χ1) is 13.0. The fraction of sp³-hybridized carbons (Fsp3) is 0.300. The number of nitrogens with zero attached hydrogens (tertiary/aromatic N) is 2. The molecule has 0 bridgehead atoms. The van der Waals surface area contributed by atoms with Crippen LogP contribution in [-0.2, 0) is 10.0 Å². The average Bonchev–Trinajstić information content (AvgIpc) is 2.69. The standard InChI is InChI=1S/C20H23FN2O3S/c21-19-8-4-5-9-20(19)26-16-15-22-11-13-23(14-12-22)27(24,25)17-10-18-6-2-1-3-7-18/h1-10,17H,11-16H2. The summed E-state index contributed by atoms with van der Waals surface area (Å²) >= 11 is 0. The van der Waals surface area contributed by atoms with Crippen LogP contribution in [0.3, 0.4) is 0 Å². The van der Waals surface area contributed by atoms with Crippen molar-refractivity contribution in [3.05, 3.63) is 71.4 Å². The highest BCUT2D eigenvalue weighted by atomic mass is 32.2. The van der Waals surface area contributed by atoms with Gasteiger partial charge in [-0.1, -0.05) is 42.5 Å². The van der Waals surface area contributed by atoms with Crippen molar-refractivity contribution >= 4 is 16.1 Å². The van der Waals surface area contributed by atoms with Crippen molar-refractivity contribution in [3.63, 3.8) is 0 Å². The molecule has 1 saturated heterocycles. The summed E-state index contributed by atoms with van der Waals surface area (Å²) in [5.41, 5.74) is 0.852. The van der Waals surface area contributed by atoms with Gasteiger partial charge in [-0.2, -0.15) is 4.31 Å². The monoisotopic (exact) mass is 390 g/mol. The lowest BCUT2D eigenvalue weighted by Gasteiger charge is -2.33. The number of ether oxygens (including phenoxy) is 1. The van der Waals surface area contributed by atoms with E-state index < -0.39 is 10.0 Å². The molecular formula is C20H23FN2O3S. The lowest BCUT2D eigenvalue weighted by Crippen LogP contribution is -2.48. The van der Waals surface area contributed by atoms with Crippen molar-refractivity contribution < 1.29 is 17.5 Å². The molecule has 2 aromatic carbocycles. The first-order valence-electron chi connectivity index (χ1n) is 8.87. The fourth-order valence-corrected chi connectivity index (χ4v) is 4.04. The average molecular weight is 390 g/mol. The molecule has 3 rings (SSSR count). The Balaban J connectivity index is 1.45. The Hall–Kier alpha value is -2.22. The van der Waals surface area contributed by atoms with Crippen LogP contribution >= 0.6 is 0 Å². The lowest BCUT2D eigenvalue weighted by molar-refractivity contribution is 0.157. The number of rotatable bonds is 7. The summed E-state index contributed by atoms with van der Waals surface area (Å²) in [6.07, 6.45) is 1.62. The number of halogens is 1. The van der Waals surface area contributed by atoms with E-state index in [1.165, 1.54) is 15.8 Å². The van der Waals surface area contributed by atoms with E-state index in [1.807, 2.05) is 30.3 Å². The van der Waals surface area contributed by atoms with Crippen LogP contribution in [0.2, 0.25) is 0 Å². The highest BCUT2D eigenvalue weighted by Crippen LogP contribution is 2.16. The van der Waals surface area contributed by atoms with Gasteiger partial charge in [-0.05, 0) is 23.8 Å². The van der Waals surface area contributed by atoms with Crippen molar-refractivity contribution in [2.45, 2.75) is 0 Å². The third-order valence-corrected chi connectivity index (χ3v) is 5.99. The van der Waals surface area contributed by atoms with E-state index in [0.717, 1.165) is 5.56 Å². The van der Waals surface area contributed by atoms with Crippen LogP contribution in [-0.4, -0.2) is 57.0 Å². The molecular weight excluding hydrogens is 367 g/mol. The van der Waals surface area contributed by atoms with Crippen LogP contribution in [0, 0.1) is 5.82 Å². The molecule has 0 unspecified atom stereocenters. The summed E-state index contributed by atoms with van der Waals surface area (Å²) in [4.78, 5) is 2.12. The lowest BCUT2D eigenvalue weighted by atomic mass is 10.2. The zero-order valence-electron chi connectivity index (χ0n) is 15.0. The smallest absolute Gasteiger partial charge is 0.236 e. The van der Waals surface area contributed by atoms with E-state index in [0.29, 0.717) is 39.3 Å². The highest BCUT2D eigenvalue weighted by molar-refractivity contribution is 7.92. The zero-order valence-corrected chi connectivity index (χ0v) is 15.8. The normalized spacial score (nSPS) is 16.6. The second-order valence-electron chi connectivity index (χ2n) is 6.28. The Kier molecular flexibility index (Phi) is 6.60. The molecule has 0 atom stereocenters. The van der Waals surface area contributed by atoms with Crippen molar-refractivity contribution in [1.29, 1.82) is 0 Å². The molecule has 0 aromatic heterocycles. The van der Waals surface area contributed by atoms with Gasteiger partial charge in [-0.3, -0.25) is 4.90 Å². The van der Waals surface area contributed by atoms with Crippen LogP contribution in [0.5, 0.6) is 5.75 Å². The molecule has 0 saturated carbocycles. The predicted molar refractivity (Wildman–Crippen MR) is 104 cm³/mol. The SMILES string of the molecule is O=S(=O)(C=Cc1ccccc1)N1CCN(CCOc2ccccc2F)CC1. The first-order valence-corrected chi connectivity index (χ1v) is 10.4. The van der Waals surface area contributed by atoms with Gasteiger partial charge in [-0.25, -0.2) is 12.8 Å². The van der Waals surface area contributed by atoms with Crippen molar-refractivity contribution in [2.75, 3.05) is 39.3 Å². The summed E-state index contributed by atoms with van der Waals surface area (Å²) in [6, 6.07) is 15.7. The maximum atomic E-state index is 13.5. The second kappa shape index (κ2) is 9.12. The van der Waals surface area contributed by atoms with Crippen LogP contribution in [0.25, 0.3) is 6.08 Å². The largest absolute Gasteiger partial charge is 0.489 e. The van der Waals surface area contributed by atoms with Gasteiger partial charge in [0.25, 0.3) is 0 Å². The van der Waals surface area contributed by atoms with E-state index in [-0.39, 0.29) is 11.6 Å². The maximum absolute atomic E-state index is 13.5. The van der Waals surface area contributed by atoms with Crippen molar-refractivity contribution in [2.24, 2.45) is 0 Å². The number of para-hydroxylation sites is 1. The molecule has 0 radical (unpaired) electrons. The minimum absolute atomic E-state index is 0.241. The number of sulfonamides is 1. The van der Waals surface area contributed by atoms with Crippen LogP contribution < -0.4 is 4.74 Å². The van der Waals surface area contributed by atoms with E-state index in [1.54, 1.807) is 24.3 Å². The fourth-order valence-electron chi connectivity index (χ4n) is 2.87. The summed E-state index contributed by atoms with van der Waals surface area (Å²) < 4.78 is 45.4. The van der Waals surface area contributed by atoms with Crippen LogP contribution in [0.15, 0.2) is 60.0 Å². The van der Waals surface area contributed by atoms with Gasteiger partial charge in [0.1, 0.15) is 6.61 Å². The summed E-state index contributed by atoms with van der Waals surface area (Å²) in [5, 5.41) is 1.26. The molecule has 0 aliphatic carbocycles. The topological polar surface area (TPSA) is 49.9 Å². The minimum atomic E-state index is -3.43. The van der Waals surface area contributed by atoms with Crippen LogP contribution in [0.1, 0.15) is 5.56 Å². The van der Waals surface area contributed by atoms with E-state index in [4.69, 9.17) is 4.74 Å². The van der Waals surface area contributed by atoms with Crippen molar-refractivity contribution in [1.82, 2.24) is 9.21 Å². The van der Waals surface area contributed by atoms with Gasteiger partial charge >= 0.3 is 0 Å². The first kappa shape index (κ1) is 19.5. The highest BCUT2D eigenvalue weighted by Gasteiger charge is 2.24. The van der Waals surface area contributed by atoms with E-state index in [9.17, 15) is 12.8 Å². The third kappa shape index (κ3) is 5.63. The van der Waals surface area contributed by atoms with Gasteiger partial charge in [-0.15, -0.1) is 0 Å². The zero-order chi connectivity index (χ0) is 19.1. The predicted octanol–water partition coefficient (Wildman–Crippen LogP) is 2.82. The Bertz CT molecular complexity index is 864. The van der Waals surface area contributed by atoms with E-state index in [2.05, 4.69) is 4.90 Å². The maximum Gasteiger partial charge on any atom is 0.236 e. The van der Waals surface area contributed by atoms with Gasteiger partial charge in [0.2, 0.25) is 10.0 Å². The molecule has 27 heavy (non-hydrogen) atoms. The molecule has 0 amide bonds. The van der Waals surface area contributed by atoms with Gasteiger partial charge in [0.15, 0.2) is 11.6 Å². The molecule has 5 nitrogen and oxygen atoms in total. The Morgan fingerprint density at radius 2 is 1.63 bits per heavy atom. The van der Waals surface area contributed by atoms with Crippen molar-refractivity contribution in [3.8, 4) is 5.75 Å². The molecule has 1 heterocycles. The molecule has 1 fully saturated rings. The quantitative estimate of drug-likeness (QED) is 0.730. The Labute approximate surface area is 159 Å². The summed E-state index contributed by atoms with van der Waals surface area (Å²) in [7, 11) is -3.43.